The second kappa shape index (κ2) is 8.34. The summed E-state index contributed by atoms with van der Waals surface area (Å²) in [6, 6.07) is 5.91. The Labute approximate surface area is 182 Å². The Balaban J connectivity index is 1.66. The topological polar surface area (TPSA) is 84.7 Å². The van der Waals surface area contributed by atoms with Crippen LogP contribution in [0.1, 0.15) is 44.0 Å². The van der Waals surface area contributed by atoms with Gasteiger partial charge in [-0.05, 0) is 50.8 Å². The SMILES string of the molecule is CC(Nc1cc(C)n(CCC(C)C)n1)=C1C(=O)Nc2cnc(-c3cnccc3C)cc21. The number of rotatable bonds is 6. The number of aryl methyl sites for hydroxylation is 3. The van der Waals surface area contributed by atoms with E-state index in [1.807, 2.05) is 43.7 Å². The molecule has 160 valence electrons. The molecular weight excluding hydrogens is 388 g/mol. The van der Waals surface area contributed by atoms with Crippen molar-refractivity contribution in [1.29, 1.82) is 0 Å². The van der Waals surface area contributed by atoms with Crippen LogP contribution in [-0.4, -0.2) is 25.7 Å². The van der Waals surface area contributed by atoms with Gasteiger partial charge in [0.15, 0.2) is 5.82 Å². The van der Waals surface area contributed by atoms with Crippen LogP contribution in [0.4, 0.5) is 11.5 Å². The zero-order valence-electron chi connectivity index (χ0n) is 18.7. The van der Waals surface area contributed by atoms with Crippen LogP contribution in [-0.2, 0) is 11.3 Å². The van der Waals surface area contributed by atoms with E-state index in [2.05, 4.69) is 39.5 Å². The Hall–Kier alpha value is -3.48. The van der Waals surface area contributed by atoms with Gasteiger partial charge in [0, 0.05) is 47.5 Å². The third-order valence-electron chi connectivity index (χ3n) is 5.55. The summed E-state index contributed by atoms with van der Waals surface area (Å²) in [5.41, 5.74) is 6.83. The van der Waals surface area contributed by atoms with Crippen LogP contribution in [0.2, 0.25) is 0 Å². The fraction of sp³-hybridized carbons (Fsp3) is 0.333. The van der Waals surface area contributed by atoms with Crippen LogP contribution in [0.15, 0.2) is 42.5 Å². The fourth-order valence-corrected chi connectivity index (χ4v) is 3.75. The number of fused-ring (bicyclic) bond motifs is 1. The minimum atomic E-state index is -0.141. The molecular formula is C24H28N6O. The van der Waals surface area contributed by atoms with Gasteiger partial charge in [-0.15, -0.1) is 0 Å². The molecule has 0 aliphatic carbocycles. The minimum Gasteiger partial charge on any atom is -0.342 e. The van der Waals surface area contributed by atoms with E-state index in [1.165, 1.54) is 0 Å². The molecule has 0 fully saturated rings. The molecule has 3 aromatic heterocycles. The van der Waals surface area contributed by atoms with Crippen LogP contribution in [0, 0.1) is 19.8 Å². The number of hydrogen-bond acceptors (Lipinski definition) is 5. The van der Waals surface area contributed by atoms with Crippen LogP contribution >= 0.6 is 0 Å². The summed E-state index contributed by atoms with van der Waals surface area (Å²) < 4.78 is 2.01. The summed E-state index contributed by atoms with van der Waals surface area (Å²) in [5, 5.41) is 10.9. The molecule has 0 aromatic carbocycles. The first-order chi connectivity index (χ1) is 14.8. The van der Waals surface area contributed by atoms with E-state index >= 15 is 0 Å². The van der Waals surface area contributed by atoms with Gasteiger partial charge in [-0.1, -0.05) is 13.8 Å². The molecule has 1 aliphatic heterocycles. The molecule has 0 saturated carbocycles. The Kier molecular flexibility index (Phi) is 5.59. The number of pyridine rings is 2. The molecule has 1 amide bonds. The number of aromatic nitrogens is 4. The Morgan fingerprint density at radius 1 is 1.19 bits per heavy atom. The number of anilines is 2. The first-order valence-electron chi connectivity index (χ1n) is 10.6. The molecule has 3 aromatic rings. The van der Waals surface area contributed by atoms with E-state index in [-0.39, 0.29) is 5.91 Å². The maximum Gasteiger partial charge on any atom is 0.258 e. The molecule has 0 spiro atoms. The van der Waals surface area contributed by atoms with E-state index in [4.69, 9.17) is 0 Å². The van der Waals surface area contributed by atoms with Crippen LogP contribution in [0.5, 0.6) is 0 Å². The van der Waals surface area contributed by atoms with Crippen molar-refractivity contribution in [2.24, 2.45) is 5.92 Å². The third-order valence-corrected chi connectivity index (χ3v) is 5.55. The summed E-state index contributed by atoms with van der Waals surface area (Å²) >= 11 is 0. The summed E-state index contributed by atoms with van der Waals surface area (Å²) in [5.74, 6) is 1.22. The Morgan fingerprint density at radius 2 is 2.00 bits per heavy atom. The second-order valence-corrected chi connectivity index (χ2v) is 8.46. The summed E-state index contributed by atoms with van der Waals surface area (Å²) in [6.45, 7) is 11.3. The number of carbonyl (C=O) groups is 1. The van der Waals surface area contributed by atoms with Crippen molar-refractivity contribution >= 4 is 23.0 Å². The van der Waals surface area contributed by atoms with Crippen molar-refractivity contribution in [2.45, 2.75) is 47.6 Å². The van der Waals surface area contributed by atoms with E-state index in [0.717, 1.165) is 52.6 Å². The van der Waals surface area contributed by atoms with Gasteiger partial charge in [0.05, 0.1) is 23.2 Å². The molecule has 7 nitrogen and oxygen atoms in total. The molecule has 7 heteroatoms. The van der Waals surface area contributed by atoms with Gasteiger partial charge in [-0.3, -0.25) is 19.4 Å². The second-order valence-electron chi connectivity index (χ2n) is 8.46. The molecule has 0 saturated heterocycles. The van der Waals surface area contributed by atoms with Gasteiger partial charge in [0.1, 0.15) is 0 Å². The van der Waals surface area contributed by atoms with Gasteiger partial charge in [-0.2, -0.15) is 5.10 Å². The van der Waals surface area contributed by atoms with Gasteiger partial charge in [0.2, 0.25) is 0 Å². The highest BCUT2D eigenvalue weighted by Gasteiger charge is 2.28. The van der Waals surface area contributed by atoms with Crippen LogP contribution in [0.3, 0.4) is 0 Å². The highest BCUT2D eigenvalue weighted by Crippen LogP contribution is 2.36. The van der Waals surface area contributed by atoms with Crippen molar-refractivity contribution in [1.82, 2.24) is 19.7 Å². The van der Waals surface area contributed by atoms with Crippen LogP contribution in [0.25, 0.3) is 16.8 Å². The van der Waals surface area contributed by atoms with Crippen molar-refractivity contribution < 1.29 is 4.79 Å². The highest BCUT2D eigenvalue weighted by molar-refractivity contribution is 6.32. The van der Waals surface area contributed by atoms with Crippen molar-refractivity contribution in [2.75, 3.05) is 10.6 Å². The average molecular weight is 417 g/mol. The third kappa shape index (κ3) is 4.21. The molecule has 1 aliphatic rings. The van der Waals surface area contributed by atoms with E-state index in [1.54, 1.807) is 18.6 Å². The molecule has 31 heavy (non-hydrogen) atoms. The number of nitrogens with zero attached hydrogens (tertiary/aromatic N) is 4. The van der Waals surface area contributed by atoms with E-state index in [0.29, 0.717) is 17.2 Å². The van der Waals surface area contributed by atoms with E-state index in [9.17, 15) is 4.79 Å². The molecule has 0 bridgehead atoms. The molecule has 0 radical (unpaired) electrons. The Morgan fingerprint density at radius 3 is 2.74 bits per heavy atom. The fourth-order valence-electron chi connectivity index (χ4n) is 3.75. The molecule has 4 rings (SSSR count). The number of hydrogen-bond donors (Lipinski definition) is 2. The largest absolute Gasteiger partial charge is 0.342 e. The highest BCUT2D eigenvalue weighted by atomic mass is 16.2. The lowest BCUT2D eigenvalue weighted by Crippen LogP contribution is -2.09. The van der Waals surface area contributed by atoms with Crippen molar-refractivity contribution in [3.8, 4) is 11.3 Å². The predicted octanol–water partition coefficient (Wildman–Crippen LogP) is 4.80. The average Bonchev–Trinajstić information content (AvgIpc) is 3.24. The maximum absolute atomic E-state index is 12.8. The summed E-state index contributed by atoms with van der Waals surface area (Å²) in [7, 11) is 0. The standard InChI is InChI=1S/C24H28N6O/c1-14(2)7-9-30-16(4)10-22(29-30)27-17(5)23-18-11-20(19-12-25-8-6-15(19)3)26-13-21(18)28-24(23)31/h6,8,10-14H,7,9H2,1-5H3,(H,27,29)(H,28,31). The van der Waals surface area contributed by atoms with Gasteiger partial charge in [-0.25, -0.2) is 0 Å². The lowest BCUT2D eigenvalue weighted by molar-refractivity contribution is -0.110. The first kappa shape index (κ1) is 20.8. The Bertz CT molecular complexity index is 1170. The van der Waals surface area contributed by atoms with Crippen LogP contribution < -0.4 is 10.6 Å². The predicted molar refractivity (Wildman–Crippen MR) is 123 cm³/mol. The lowest BCUT2D eigenvalue weighted by Gasteiger charge is -2.09. The van der Waals surface area contributed by atoms with Gasteiger partial charge in [0.25, 0.3) is 5.91 Å². The number of nitrogens with one attached hydrogen (secondary N) is 2. The molecule has 4 heterocycles. The number of carbonyl (C=O) groups excluding carboxylic acids is 1. The maximum atomic E-state index is 12.8. The first-order valence-corrected chi connectivity index (χ1v) is 10.6. The normalized spacial score (nSPS) is 14.6. The summed E-state index contributed by atoms with van der Waals surface area (Å²) in [4.78, 5) is 21.5. The number of allylic oxidation sites excluding steroid dienone is 1. The molecule has 0 unspecified atom stereocenters. The smallest absolute Gasteiger partial charge is 0.258 e. The van der Waals surface area contributed by atoms with Crippen molar-refractivity contribution in [3.05, 3.63) is 59.3 Å². The number of amides is 1. The lowest BCUT2D eigenvalue weighted by atomic mass is 10.0. The minimum absolute atomic E-state index is 0.141. The zero-order valence-corrected chi connectivity index (χ0v) is 18.7. The molecule has 2 N–H and O–H groups in total. The quantitative estimate of drug-likeness (QED) is 0.564. The zero-order chi connectivity index (χ0) is 22.1. The molecule has 0 atom stereocenters. The van der Waals surface area contributed by atoms with E-state index < -0.39 is 0 Å². The van der Waals surface area contributed by atoms with Gasteiger partial charge >= 0.3 is 0 Å². The van der Waals surface area contributed by atoms with Gasteiger partial charge < -0.3 is 10.6 Å². The monoisotopic (exact) mass is 416 g/mol. The van der Waals surface area contributed by atoms with Crippen molar-refractivity contribution in [3.63, 3.8) is 0 Å². The summed E-state index contributed by atoms with van der Waals surface area (Å²) in [6.07, 6.45) is 6.34.